The number of ether oxygens (including phenoxy) is 1. The Bertz CT molecular complexity index is 1390. The number of imide groups is 1. The maximum absolute atomic E-state index is 13.2. The third kappa shape index (κ3) is 6.04. The number of piperidine rings is 1. The van der Waals surface area contributed by atoms with Gasteiger partial charge in [-0.3, -0.25) is 14.6 Å². The Kier molecular flexibility index (Phi) is 7.74. The number of amides is 4. The summed E-state index contributed by atoms with van der Waals surface area (Å²) in [4.78, 5) is 42.7. The van der Waals surface area contributed by atoms with Gasteiger partial charge in [0.2, 0.25) is 0 Å². The Morgan fingerprint density at radius 3 is 2.39 bits per heavy atom. The minimum absolute atomic E-state index is 0.0346. The second-order valence-electron chi connectivity index (χ2n) is 10.2. The number of aliphatic imine (C=N–C) groups is 1. The first kappa shape index (κ1) is 28.9. The van der Waals surface area contributed by atoms with Crippen LogP contribution < -0.4 is 20.3 Å². The van der Waals surface area contributed by atoms with Crippen LogP contribution in [0.1, 0.15) is 35.1 Å². The molecule has 41 heavy (non-hydrogen) atoms. The maximum Gasteiger partial charge on any atom is 0.573 e. The van der Waals surface area contributed by atoms with E-state index < -0.39 is 35.0 Å². The van der Waals surface area contributed by atoms with Crippen LogP contribution in [0.25, 0.3) is 0 Å². The number of hydrogen-bond acceptors (Lipinski definition) is 7. The van der Waals surface area contributed by atoms with E-state index in [1.165, 1.54) is 18.2 Å². The molecular formula is C27H28F3N5O5S. The van der Waals surface area contributed by atoms with E-state index in [2.05, 4.69) is 20.4 Å². The second-order valence-corrected chi connectivity index (χ2v) is 11.7. The van der Waals surface area contributed by atoms with Crippen molar-refractivity contribution in [3.05, 3.63) is 58.7 Å². The Balaban J connectivity index is 1.20. The number of halogens is 3. The van der Waals surface area contributed by atoms with Crippen molar-refractivity contribution >= 4 is 40.7 Å². The molecule has 0 unspecified atom stereocenters. The van der Waals surface area contributed by atoms with E-state index >= 15 is 0 Å². The van der Waals surface area contributed by atoms with Gasteiger partial charge >= 0.3 is 12.4 Å². The number of carbonyl (C=O) groups is 3. The SMILES string of the molecule is Cc1cc(N2C(=O)CNC2=O)cc(C)c1CC[S@+]([O-])N1CCC2(CC1)N=C(c1cccc(OC(F)(F)F)c1)NC2=O. The van der Waals surface area contributed by atoms with E-state index in [0.29, 0.717) is 49.4 Å². The van der Waals surface area contributed by atoms with Crippen molar-refractivity contribution in [1.29, 1.82) is 0 Å². The molecule has 218 valence electrons. The zero-order valence-corrected chi connectivity index (χ0v) is 23.2. The average Bonchev–Trinajstić information content (AvgIpc) is 3.40. The predicted molar refractivity (Wildman–Crippen MR) is 145 cm³/mol. The predicted octanol–water partition coefficient (Wildman–Crippen LogP) is 2.88. The summed E-state index contributed by atoms with van der Waals surface area (Å²) >= 11 is -1.33. The molecule has 14 heteroatoms. The van der Waals surface area contributed by atoms with Crippen molar-refractivity contribution in [2.75, 3.05) is 30.3 Å². The molecule has 10 nitrogen and oxygen atoms in total. The summed E-state index contributed by atoms with van der Waals surface area (Å²) in [6, 6.07) is 8.37. The molecule has 2 aromatic rings. The van der Waals surface area contributed by atoms with Gasteiger partial charge in [-0.1, -0.05) is 12.1 Å². The van der Waals surface area contributed by atoms with Crippen molar-refractivity contribution in [1.82, 2.24) is 14.9 Å². The second kappa shape index (κ2) is 11.0. The zero-order chi connectivity index (χ0) is 29.5. The summed E-state index contributed by atoms with van der Waals surface area (Å²) in [6.45, 7) is 4.45. The molecule has 2 saturated heterocycles. The molecule has 3 aliphatic heterocycles. The van der Waals surface area contributed by atoms with E-state index in [-0.39, 0.29) is 24.2 Å². The lowest BCUT2D eigenvalue weighted by Crippen LogP contribution is -2.50. The number of nitrogens with one attached hydrogen (secondary N) is 2. The molecule has 0 aromatic heterocycles. The third-order valence-corrected chi connectivity index (χ3v) is 8.96. The first-order valence-corrected chi connectivity index (χ1v) is 14.2. The highest BCUT2D eigenvalue weighted by molar-refractivity contribution is 7.89. The Hall–Kier alpha value is -3.62. The largest absolute Gasteiger partial charge is 0.598 e. The van der Waals surface area contributed by atoms with Crippen molar-refractivity contribution in [2.45, 2.75) is 45.0 Å². The van der Waals surface area contributed by atoms with Crippen LogP contribution in [0.5, 0.6) is 5.75 Å². The standard InChI is InChI=1S/C27H28F3N5O5S/c1-16-12-19(35-22(36)15-31-25(35)38)13-17(2)21(16)6-11-41(39)34-9-7-26(8-10-34)24(37)32-23(33-26)18-4-3-5-20(14-18)40-27(28,29)30/h3-5,12-14H,6-11,15H2,1-2H3,(H,31,38)(H,32,33,37)/t41-/m0/s1. The van der Waals surface area contributed by atoms with Crippen LogP contribution >= 0.6 is 0 Å². The van der Waals surface area contributed by atoms with Crippen LogP contribution in [0.15, 0.2) is 41.4 Å². The van der Waals surface area contributed by atoms with Crippen LogP contribution in [0, 0.1) is 13.8 Å². The first-order valence-electron chi connectivity index (χ1n) is 13.0. The molecule has 2 N–H and O–H groups in total. The molecule has 0 radical (unpaired) electrons. The van der Waals surface area contributed by atoms with Gasteiger partial charge in [0, 0.05) is 36.4 Å². The van der Waals surface area contributed by atoms with Crippen molar-refractivity contribution < 1.29 is 36.8 Å². The molecule has 5 rings (SSSR count). The van der Waals surface area contributed by atoms with Gasteiger partial charge in [0.25, 0.3) is 11.8 Å². The monoisotopic (exact) mass is 591 g/mol. The quantitative estimate of drug-likeness (QED) is 0.377. The minimum atomic E-state index is -4.84. The van der Waals surface area contributed by atoms with Gasteiger partial charge in [-0.25, -0.2) is 9.69 Å². The molecule has 1 spiro atoms. The Morgan fingerprint density at radius 1 is 1.10 bits per heavy atom. The highest BCUT2D eigenvalue weighted by atomic mass is 32.2. The Morgan fingerprint density at radius 2 is 1.78 bits per heavy atom. The molecule has 3 heterocycles. The normalized spacial score (nSPS) is 19.8. The molecular weight excluding hydrogens is 563 g/mol. The summed E-state index contributed by atoms with van der Waals surface area (Å²) in [6.07, 6.45) is -3.70. The molecule has 2 fully saturated rings. The lowest BCUT2D eigenvalue weighted by atomic mass is 9.89. The molecule has 1 atom stereocenters. The third-order valence-electron chi connectivity index (χ3n) is 7.47. The van der Waals surface area contributed by atoms with Crippen LogP contribution in [-0.2, 0) is 27.4 Å². The smallest absolute Gasteiger partial charge is 0.573 e. The fourth-order valence-electron chi connectivity index (χ4n) is 5.39. The van der Waals surface area contributed by atoms with Gasteiger partial charge in [0.15, 0.2) is 0 Å². The van der Waals surface area contributed by atoms with Crippen molar-refractivity contribution in [2.24, 2.45) is 4.99 Å². The van der Waals surface area contributed by atoms with Gasteiger partial charge < -0.3 is 19.9 Å². The van der Waals surface area contributed by atoms with Crippen LogP contribution in [0.4, 0.5) is 23.7 Å². The highest BCUT2D eigenvalue weighted by Crippen LogP contribution is 2.33. The number of alkyl halides is 3. The number of hydrogen-bond donors (Lipinski definition) is 2. The summed E-state index contributed by atoms with van der Waals surface area (Å²) < 4.78 is 56.8. The number of aryl methyl sites for hydroxylation is 2. The molecule has 2 aromatic carbocycles. The minimum Gasteiger partial charge on any atom is -0.598 e. The van der Waals surface area contributed by atoms with E-state index in [0.717, 1.165) is 21.6 Å². The Labute approximate surface area is 237 Å². The first-order chi connectivity index (χ1) is 19.3. The fraction of sp³-hybridized carbons (Fsp3) is 0.407. The fourth-order valence-corrected chi connectivity index (χ4v) is 6.62. The van der Waals surface area contributed by atoms with Gasteiger partial charge in [-0.2, -0.15) is 0 Å². The molecule has 0 bridgehead atoms. The molecule has 0 aliphatic carbocycles. The number of amidine groups is 1. The average molecular weight is 592 g/mol. The van der Waals surface area contributed by atoms with Gasteiger partial charge in [0.05, 0.1) is 12.2 Å². The molecule has 3 aliphatic rings. The number of anilines is 1. The number of benzene rings is 2. The van der Waals surface area contributed by atoms with Gasteiger partial charge in [-0.05, 0) is 67.6 Å². The number of nitrogens with zero attached hydrogens (tertiary/aromatic N) is 3. The molecule has 0 saturated carbocycles. The summed E-state index contributed by atoms with van der Waals surface area (Å²) in [5.41, 5.74) is 2.49. The number of carbonyl (C=O) groups excluding carboxylic acids is 3. The van der Waals surface area contributed by atoms with E-state index in [9.17, 15) is 32.1 Å². The van der Waals surface area contributed by atoms with Crippen molar-refractivity contribution in [3.8, 4) is 5.75 Å². The topological polar surface area (TPSA) is 126 Å². The maximum atomic E-state index is 13.2. The summed E-state index contributed by atoms with van der Waals surface area (Å²) in [5.74, 6) is -0.532. The van der Waals surface area contributed by atoms with Crippen LogP contribution in [0.3, 0.4) is 0 Å². The number of rotatable bonds is 7. The van der Waals surface area contributed by atoms with E-state index in [1.54, 1.807) is 22.5 Å². The van der Waals surface area contributed by atoms with E-state index in [1.807, 2.05) is 13.8 Å². The number of urea groups is 1. The van der Waals surface area contributed by atoms with E-state index in [4.69, 9.17) is 0 Å². The molecule has 4 amide bonds. The van der Waals surface area contributed by atoms with Gasteiger partial charge in [0.1, 0.15) is 22.9 Å². The van der Waals surface area contributed by atoms with Gasteiger partial charge in [-0.15, -0.1) is 17.5 Å². The van der Waals surface area contributed by atoms with Crippen LogP contribution in [0.2, 0.25) is 0 Å². The van der Waals surface area contributed by atoms with Crippen molar-refractivity contribution in [3.63, 3.8) is 0 Å². The zero-order valence-electron chi connectivity index (χ0n) is 22.3. The highest BCUT2D eigenvalue weighted by Gasteiger charge is 2.47. The lowest BCUT2D eigenvalue weighted by molar-refractivity contribution is -0.274. The summed E-state index contributed by atoms with van der Waals surface area (Å²) in [7, 11) is 0. The van der Waals surface area contributed by atoms with Crippen LogP contribution in [-0.4, -0.2) is 69.8 Å². The lowest BCUT2D eigenvalue weighted by Gasteiger charge is -2.35. The summed E-state index contributed by atoms with van der Waals surface area (Å²) in [5, 5.41) is 5.19.